The van der Waals surface area contributed by atoms with E-state index in [1.807, 2.05) is 6.07 Å². The van der Waals surface area contributed by atoms with E-state index in [-0.39, 0.29) is 18.0 Å². The first-order valence-electron chi connectivity index (χ1n) is 5.93. The van der Waals surface area contributed by atoms with E-state index in [9.17, 15) is 4.79 Å². The lowest BCUT2D eigenvalue weighted by atomic mass is 10.2. The Morgan fingerprint density at radius 2 is 2.00 bits per heavy atom. The first kappa shape index (κ1) is 12.0. The summed E-state index contributed by atoms with van der Waals surface area (Å²) < 4.78 is 5.68. The lowest BCUT2D eigenvalue weighted by molar-refractivity contribution is -0.00523. The predicted molar refractivity (Wildman–Crippen MR) is 66.5 cm³/mol. The van der Waals surface area contributed by atoms with Gasteiger partial charge in [0.15, 0.2) is 5.78 Å². The Morgan fingerprint density at radius 1 is 1.35 bits per heavy atom. The average molecular weight is 234 g/mol. The standard InChI is InChI=1S/C13H18N2O2/c1-9-7-15(8-10(2)17-9)12-4-5-13(11(3)16)14-6-12/h4-6,9-10H,7-8H2,1-3H3/t9-,10+. The first-order chi connectivity index (χ1) is 8.06. The Balaban J connectivity index is 2.14. The number of carbonyl (C=O) groups is 1. The van der Waals surface area contributed by atoms with Crippen LogP contribution in [0.3, 0.4) is 0 Å². The second-order valence-corrected chi connectivity index (χ2v) is 4.62. The van der Waals surface area contributed by atoms with Gasteiger partial charge in [0.2, 0.25) is 0 Å². The summed E-state index contributed by atoms with van der Waals surface area (Å²) in [5, 5.41) is 0. The molecule has 0 amide bonds. The highest BCUT2D eigenvalue weighted by atomic mass is 16.5. The summed E-state index contributed by atoms with van der Waals surface area (Å²) in [5.74, 6) is 0.000244. The van der Waals surface area contributed by atoms with Crippen molar-refractivity contribution >= 4 is 11.5 Å². The molecule has 0 radical (unpaired) electrons. The van der Waals surface area contributed by atoms with E-state index in [0.29, 0.717) is 5.69 Å². The topological polar surface area (TPSA) is 42.4 Å². The van der Waals surface area contributed by atoms with Gasteiger partial charge in [-0.15, -0.1) is 0 Å². The number of hydrogen-bond acceptors (Lipinski definition) is 4. The average Bonchev–Trinajstić information content (AvgIpc) is 2.28. The quantitative estimate of drug-likeness (QED) is 0.733. The zero-order valence-corrected chi connectivity index (χ0v) is 10.5. The summed E-state index contributed by atoms with van der Waals surface area (Å²) in [4.78, 5) is 17.6. The van der Waals surface area contributed by atoms with Gasteiger partial charge in [-0.2, -0.15) is 0 Å². The molecule has 92 valence electrons. The number of rotatable bonds is 2. The molecule has 2 rings (SSSR count). The number of pyridine rings is 1. The maximum absolute atomic E-state index is 11.1. The SMILES string of the molecule is CC(=O)c1ccc(N2C[C@@H](C)O[C@@H](C)C2)cn1. The molecule has 4 heteroatoms. The van der Waals surface area contributed by atoms with Crippen molar-refractivity contribution in [2.45, 2.75) is 33.0 Å². The number of carbonyl (C=O) groups excluding carboxylic acids is 1. The van der Waals surface area contributed by atoms with Crippen LogP contribution < -0.4 is 4.90 Å². The van der Waals surface area contributed by atoms with Crippen molar-refractivity contribution in [2.75, 3.05) is 18.0 Å². The van der Waals surface area contributed by atoms with Crippen molar-refractivity contribution in [3.8, 4) is 0 Å². The van der Waals surface area contributed by atoms with Crippen LogP contribution in [-0.4, -0.2) is 36.1 Å². The maximum Gasteiger partial charge on any atom is 0.178 e. The summed E-state index contributed by atoms with van der Waals surface area (Å²) in [6.45, 7) is 7.40. The van der Waals surface area contributed by atoms with Crippen molar-refractivity contribution < 1.29 is 9.53 Å². The minimum atomic E-state index is 0.000244. The van der Waals surface area contributed by atoms with Gasteiger partial charge in [-0.25, -0.2) is 0 Å². The number of aromatic nitrogens is 1. The number of morpholine rings is 1. The van der Waals surface area contributed by atoms with E-state index in [2.05, 4.69) is 23.7 Å². The monoisotopic (exact) mass is 234 g/mol. The van der Waals surface area contributed by atoms with Gasteiger partial charge in [-0.3, -0.25) is 9.78 Å². The number of anilines is 1. The number of nitrogens with zero attached hydrogens (tertiary/aromatic N) is 2. The molecule has 0 aliphatic carbocycles. The van der Waals surface area contributed by atoms with E-state index >= 15 is 0 Å². The normalized spacial score (nSPS) is 24.8. The zero-order valence-electron chi connectivity index (χ0n) is 10.5. The smallest absolute Gasteiger partial charge is 0.178 e. The molecule has 17 heavy (non-hydrogen) atoms. The molecule has 2 heterocycles. The van der Waals surface area contributed by atoms with E-state index < -0.39 is 0 Å². The fraction of sp³-hybridized carbons (Fsp3) is 0.538. The van der Waals surface area contributed by atoms with Gasteiger partial charge in [0, 0.05) is 20.0 Å². The van der Waals surface area contributed by atoms with Crippen molar-refractivity contribution in [1.29, 1.82) is 0 Å². The van der Waals surface area contributed by atoms with Crippen LogP contribution in [0.5, 0.6) is 0 Å². The van der Waals surface area contributed by atoms with Gasteiger partial charge < -0.3 is 9.64 Å². The molecule has 1 aromatic heterocycles. The molecule has 1 fully saturated rings. The highest BCUT2D eigenvalue weighted by Gasteiger charge is 2.22. The van der Waals surface area contributed by atoms with Crippen LogP contribution in [0.1, 0.15) is 31.3 Å². The summed E-state index contributed by atoms with van der Waals surface area (Å²) in [5.41, 5.74) is 1.57. The van der Waals surface area contributed by atoms with Gasteiger partial charge in [-0.05, 0) is 26.0 Å². The molecule has 1 aliphatic rings. The van der Waals surface area contributed by atoms with Gasteiger partial charge in [0.05, 0.1) is 24.1 Å². The second kappa shape index (κ2) is 4.84. The van der Waals surface area contributed by atoms with Gasteiger partial charge in [-0.1, -0.05) is 0 Å². The Hall–Kier alpha value is -1.42. The van der Waals surface area contributed by atoms with Crippen molar-refractivity contribution in [1.82, 2.24) is 4.98 Å². The molecule has 1 saturated heterocycles. The van der Waals surface area contributed by atoms with Crippen LogP contribution in [0, 0.1) is 0 Å². The lowest BCUT2D eigenvalue weighted by Gasteiger charge is -2.36. The number of hydrogen-bond donors (Lipinski definition) is 0. The fourth-order valence-electron chi connectivity index (χ4n) is 2.17. The Kier molecular flexibility index (Phi) is 3.43. The zero-order chi connectivity index (χ0) is 12.4. The fourth-order valence-corrected chi connectivity index (χ4v) is 2.17. The molecule has 0 saturated carbocycles. The molecular formula is C13H18N2O2. The molecule has 0 aromatic carbocycles. The van der Waals surface area contributed by atoms with Crippen molar-refractivity contribution in [3.63, 3.8) is 0 Å². The first-order valence-corrected chi connectivity index (χ1v) is 5.93. The van der Waals surface area contributed by atoms with Gasteiger partial charge in [0.1, 0.15) is 5.69 Å². The number of ether oxygens (including phenoxy) is 1. The third-order valence-corrected chi connectivity index (χ3v) is 2.89. The molecule has 1 aromatic rings. The number of Topliss-reactive ketones (excluding diaryl/α,β-unsaturated/α-hetero) is 1. The second-order valence-electron chi connectivity index (χ2n) is 4.62. The van der Waals surface area contributed by atoms with Crippen LogP contribution in [0.2, 0.25) is 0 Å². The summed E-state index contributed by atoms with van der Waals surface area (Å²) in [6.07, 6.45) is 2.22. The van der Waals surface area contributed by atoms with Crippen LogP contribution >= 0.6 is 0 Å². The Morgan fingerprint density at radius 3 is 2.47 bits per heavy atom. The van der Waals surface area contributed by atoms with E-state index in [4.69, 9.17) is 4.74 Å². The summed E-state index contributed by atoms with van der Waals surface area (Å²) in [7, 11) is 0. The van der Waals surface area contributed by atoms with Crippen molar-refractivity contribution in [3.05, 3.63) is 24.0 Å². The van der Waals surface area contributed by atoms with E-state index in [1.165, 1.54) is 6.92 Å². The van der Waals surface area contributed by atoms with E-state index in [0.717, 1.165) is 18.8 Å². The minimum Gasteiger partial charge on any atom is -0.372 e. The third-order valence-electron chi connectivity index (χ3n) is 2.89. The highest BCUT2D eigenvalue weighted by Crippen LogP contribution is 2.19. The molecule has 0 N–H and O–H groups in total. The number of ketones is 1. The summed E-state index contributed by atoms with van der Waals surface area (Å²) >= 11 is 0. The van der Waals surface area contributed by atoms with Crippen LogP contribution in [0.4, 0.5) is 5.69 Å². The van der Waals surface area contributed by atoms with Gasteiger partial charge >= 0.3 is 0 Å². The molecule has 1 aliphatic heterocycles. The Bertz CT molecular complexity index is 392. The van der Waals surface area contributed by atoms with Crippen LogP contribution in [-0.2, 0) is 4.74 Å². The molecular weight excluding hydrogens is 216 g/mol. The van der Waals surface area contributed by atoms with Crippen molar-refractivity contribution in [2.24, 2.45) is 0 Å². The highest BCUT2D eigenvalue weighted by molar-refractivity contribution is 5.92. The van der Waals surface area contributed by atoms with Gasteiger partial charge in [0.25, 0.3) is 0 Å². The minimum absolute atomic E-state index is 0.000244. The third kappa shape index (κ3) is 2.82. The Labute approximate surface area is 102 Å². The van der Waals surface area contributed by atoms with E-state index in [1.54, 1.807) is 12.3 Å². The molecule has 4 nitrogen and oxygen atoms in total. The lowest BCUT2D eigenvalue weighted by Crippen LogP contribution is -2.45. The van der Waals surface area contributed by atoms with Crippen LogP contribution in [0.25, 0.3) is 0 Å². The molecule has 2 atom stereocenters. The molecule has 0 spiro atoms. The molecule has 0 unspecified atom stereocenters. The summed E-state index contributed by atoms with van der Waals surface area (Å²) in [6, 6.07) is 3.73. The van der Waals surface area contributed by atoms with Crippen LogP contribution in [0.15, 0.2) is 18.3 Å². The predicted octanol–water partition coefficient (Wildman–Crippen LogP) is 1.90. The largest absolute Gasteiger partial charge is 0.372 e. The molecule has 0 bridgehead atoms. The maximum atomic E-state index is 11.1.